The van der Waals surface area contributed by atoms with E-state index in [2.05, 4.69) is 36.4 Å². The van der Waals surface area contributed by atoms with E-state index in [0.29, 0.717) is 6.16 Å². The Morgan fingerprint density at radius 3 is 1.32 bits per heavy atom. The van der Waals surface area contributed by atoms with E-state index in [-0.39, 0.29) is 36.6 Å². The van der Waals surface area contributed by atoms with E-state index in [4.69, 9.17) is 4.74 Å². The van der Waals surface area contributed by atoms with Crippen molar-refractivity contribution in [1.29, 1.82) is 0 Å². The van der Waals surface area contributed by atoms with E-state index < -0.39 is 7.26 Å². The van der Waals surface area contributed by atoms with Gasteiger partial charge in [0.15, 0.2) is 6.16 Å². The molecule has 0 atom stereocenters. The van der Waals surface area contributed by atoms with Crippen LogP contribution in [0.4, 0.5) is 0 Å². The van der Waals surface area contributed by atoms with Crippen LogP contribution >= 0.6 is 7.26 Å². The van der Waals surface area contributed by atoms with Crippen LogP contribution in [0.1, 0.15) is 5.56 Å². The van der Waals surface area contributed by atoms with Crippen molar-refractivity contribution in [3.8, 4) is 0 Å². The molecule has 0 aliphatic carbocycles. The molecule has 0 spiro atoms. The molecule has 0 amide bonds. The monoisotopic (exact) mass is 538 g/mol. The molecule has 2 nitrogen and oxygen atoms in total. The summed E-state index contributed by atoms with van der Waals surface area (Å²) in [4.78, 5) is 13.2. The van der Waals surface area contributed by atoms with E-state index in [1.165, 1.54) is 15.9 Å². The minimum Gasteiger partial charge on any atom is -1.00 e. The minimum atomic E-state index is -2.21. The maximum Gasteiger partial charge on any atom is 0.345 e. The summed E-state index contributed by atoms with van der Waals surface area (Å²) in [6.45, 7) is 0.290. The lowest BCUT2D eigenvalue weighted by Crippen LogP contribution is -3.00. The molecule has 156 valence electrons. The molecule has 4 aromatic carbocycles. The van der Waals surface area contributed by atoms with Gasteiger partial charge < -0.3 is 28.7 Å². The summed E-state index contributed by atoms with van der Waals surface area (Å²) in [5.74, 6) is -0.177. The highest BCUT2D eigenvalue weighted by atomic mass is 127. The Balaban J connectivity index is 0.00000272. The van der Waals surface area contributed by atoms with Crippen LogP contribution in [-0.2, 0) is 16.1 Å². The van der Waals surface area contributed by atoms with Gasteiger partial charge in [0.25, 0.3) is 0 Å². The van der Waals surface area contributed by atoms with Gasteiger partial charge in [-0.1, -0.05) is 84.9 Å². The van der Waals surface area contributed by atoms with Gasteiger partial charge >= 0.3 is 5.97 Å². The molecule has 0 N–H and O–H groups in total. The summed E-state index contributed by atoms with van der Waals surface area (Å²) in [5, 5.41) is 3.54. The summed E-state index contributed by atoms with van der Waals surface area (Å²) in [6.07, 6.45) is 0.331. The Morgan fingerprint density at radius 2 is 0.935 bits per heavy atom. The van der Waals surface area contributed by atoms with Gasteiger partial charge in [-0.25, -0.2) is 4.79 Å². The molecule has 0 aliphatic heterocycles. The first-order valence-electron chi connectivity index (χ1n) is 10.0. The van der Waals surface area contributed by atoms with Crippen molar-refractivity contribution >= 4 is 29.1 Å². The first-order valence-corrected chi connectivity index (χ1v) is 12.0. The topological polar surface area (TPSA) is 26.3 Å². The second kappa shape index (κ2) is 11.2. The molecule has 0 fully saturated rings. The lowest BCUT2D eigenvalue weighted by molar-refractivity contribution is -0.141. The molecule has 4 aromatic rings. The molecule has 4 rings (SSSR count). The Bertz CT molecular complexity index is 975. The number of hydrogen-bond acceptors (Lipinski definition) is 2. The van der Waals surface area contributed by atoms with Gasteiger partial charge in [0.1, 0.15) is 29.8 Å². The maximum absolute atomic E-state index is 13.2. The van der Waals surface area contributed by atoms with Crippen LogP contribution in [0.5, 0.6) is 0 Å². The standard InChI is InChI=1S/C27H24O2P.HI/c28-27(29-21-23-13-5-1-6-14-23)22-30(24-15-7-2-8-16-24,25-17-9-3-10-18-25)26-19-11-4-12-20-26;/h1-20H,21-22H2;1H/q+1;/p-1. The molecular formula is C27H24IO2P. The predicted molar refractivity (Wildman–Crippen MR) is 126 cm³/mol. The number of halogens is 1. The van der Waals surface area contributed by atoms with Crippen LogP contribution in [0.15, 0.2) is 121 Å². The fraction of sp³-hybridized carbons (Fsp3) is 0.0741. The summed E-state index contributed by atoms with van der Waals surface area (Å²) in [6, 6.07) is 41.0. The van der Waals surface area contributed by atoms with Crippen molar-refractivity contribution in [3.05, 3.63) is 127 Å². The highest BCUT2D eigenvalue weighted by molar-refractivity contribution is 7.96. The molecule has 0 radical (unpaired) electrons. The van der Waals surface area contributed by atoms with Gasteiger partial charge in [-0.3, -0.25) is 0 Å². The van der Waals surface area contributed by atoms with Gasteiger partial charge in [-0.2, -0.15) is 0 Å². The fourth-order valence-corrected chi connectivity index (χ4v) is 7.71. The Labute approximate surface area is 201 Å². The van der Waals surface area contributed by atoms with Crippen molar-refractivity contribution in [2.75, 3.05) is 6.16 Å². The number of carbonyl (C=O) groups is 1. The quantitative estimate of drug-likeness (QED) is 0.204. The number of esters is 1. The van der Waals surface area contributed by atoms with Gasteiger partial charge in [0.05, 0.1) is 0 Å². The maximum atomic E-state index is 13.2. The summed E-state index contributed by atoms with van der Waals surface area (Å²) >= 11 is 0. The predicted octanol–water partition coefficient (Wildman–Crippen LogP) is 1.73. The fourth-order valence-electron chi connectivity index (χ4n) is 3.75. The molecule has 0 saturated heterocycles. The van der Waals surface area contributed by atoms with Crippen LogP contribution in [0.3, 0.4) is 0 Å². The number of ether oxygens (including phenoxy) is 1. The zero-order valence-electron chi connectivity index (χ0n) is 17.1. The molecule has 0 heterocycles. The van der Waals surface area contributed by atoms with E-state index in [1.54, 1.807) is 0 Å². The zero-order valence-corrected chi connectivity index (χ0v) is 20.2. The zero-order chi connectivity index (χ0) is 20.7. The highest BCUT2D eigenvalue weighted by Gasteiger charge is 2.47. The van der Waals surface area contributed by atoms with Gasteiger partial charge in [0, 0.05) is 0 Å². The molecule has 4 heteroatoms. The van der Waals surface area contributed by atoms with Crippen LogP contribution in [-0.4, -0.2) is 12.1 Å². The van der Waals surface area contributed by atoms with Gasteiger partial charge in [-0.05, 0) is 42.0 Å². The van der Waals surface area contributed by atoms with E-state index >= 15 is 0 Å². The van der Waals surface area contributed by atoms with Crippen molar-refractivity contribution in [2.24, 2.45) is 0 Å². The van der Waals surface area contributed by atoms with Gasteiger partial charge in [0.2, 0.25) is 0 Å². The third-order valence-electron chi connectivity index (χ3n) is 5.20. The molecule has 0 unspecified atom stereocenters. The number of carbonyl (C=O) groups excluding carboxylic acids is 1. The smallest absolute Gasteiger partial charge is 0.345 e. The van der Waals surface area contributed by atoms with E-state index in [1.807, 2.05) is 84.9 Å². The van der Waals surface area contributed by atoms with Crippen molar-refractivity contribution in [3.63, 3.8) is 0 Å². The molecule has 0 aliphatic rings. The lowest BCUT2D eigenvalue weighted by Gasteiger charge is -2.26. The SMILES string of the molecule is O=C(C[P+](c1ccccc1)(c1ccccc1)c1ccccc1)OCc1ccccc1.[I-]. The highest BCUT2D eigenvalue weighted by Crippen LogP contribution is 2.55. The Hall–Kier alpha value is -2.49. The van der Waals surface area contributed by atoms with E-state index in [0.717, 1.165) is 5.56 Å². The van der Waals surface area contributed by atoms with Gasteiger partial charge in [-0.15, -0.1) is 0 Å². The average Bonchev–Trinajstić information content (AvgIpc) is 2.83. The molecule has 31 heavy (non-hydrogen) atoms. The average molecular weight is 538 g/mol. The summed E-state index contributed by atoms with van der Waals surface area (Å²) in [5.41, 5.74) is 0.994. The lowest BCUT2D eigenvalue weighted by atomic mass is 10.2. The number of benzene rings is 4. The van der Waals surface area contributed by atoms with E-state index in [9.17, 15) is 4.79 Å². The Morgan fingerprint density at radius 1 is 0.581 bits per heavy atom. The van der Waals surface area contributed by atoms with Crippen molar-refractivity contribution in [2.45, 2.75) is 6.61 Å². The minimum absolute atomic E-state index is 0. The normalized spacial score (nSPS) is 10.7. The molecule has 0 aromatic heterocycles. The number of rotatable bonds is 7. The molecular weight excluding hydrogens is 514 g/mol. The van der Waals surface area contributed by atoms with Crippen molar-refractivity contribution in [1.82, 2.24) is 0 Å². The van der Waals surface area contributed by atoms with Crippen LogP contribution < -0.4 is 39.9 Å². The number of hydrogen-bond donors (Lipinski definition) is 0. The second-order valence-corrected chi connectivity index (χ2v) is 10.6. The molecule has 0 bridgehead atoms. The second-order valence-electron chi connectivity index (χ2n) is 7.12. The van der Waals surface area contributed by atoms with Crippen LogP contribution in [0.25, 0.3) is 0 Å². The molecule has 0 saturated carbocycles. The summed E-state index contributed by atoms with van der Waals surface area (Å²) < 4.78 is 5.74. The third-order valence-corrected chi connectivity index (χ3v) is 9.47. The van der Waals surface area contributed by atoms with Crippen LogP contribution in [0.2, 0.25) is 0 Å². The Kier molecular flexibility index (Phi) is 8.39. The van der Waals surface area contributed by atoms with Crippen molar-refractivity contribution < 1.29 is 33.5 Å². The first kappa shape index (κ1) is 23.2. The largest absolute Gasteiger partial charge is 1.00 e. The first-order chi connectivity index (χ1) is 14.8. The third kappa shape index (κ3) is 5.41. The summed E-state index contributed by atoms with van der Waals surface area (Å²) in [7, 11) is -2.21. The van der Waals surface area contributed by atoms with Crippen LogP contribution in [0, 0.1) is 0 Å².